The quantitative estimate of drug-likeness (QED) is 0.279. The molecule has 164 valence electrons. The first kappa shape index (κ1) is 21.2. The summed E-state index contributed by atoms with van der Waals surface area (Å²) >= 11 is 0. The number of nitrogens with zero attached hydrogens (tertiary/aromatic N) is 4. The van der Waals surface area contributed by atoms with E-state index in [2.05, 4.69) is 9.97 Å². The molecule has 2 heterocycles. The number of aromatic nitrogens is 3. The summed E-state index contributed by atoms with van der Waals surface area (Å²) in [6.07, 6.45) is 5.26. The third kappa shape index (κ3) is 4.32. The minimum atomic E-state index is -0.0304. The average Bonchev–Trinajstić information content (AvgIpc) is 2.91. The molecule has 0 atom stereocenters. The van der Waals surface area contributed by atoms with E-state index in [4.69, 9.17) is 4.98 Å². The van der Waals surface area contributed by atoms with Crippen LogP contribution in [0, 0.1) is 6.92 Å². The summed E-state index contributed by atoms with van der Waals surface area (Å²) in [5.41, 5.74) is 5.74. The second-order valence-electron chi connectivity index (χ2n) is 7.85. The molecule has 5 aromatic rings. The Labute approximate surface area is 198 Å². The first-order valence-electron chi connectivity index (χ1n) is 11.0. The van der Waals surface area contributed by atoms with Gasteiger partial charge in [-0.25, -0.2) is 9.97 Å². The second-order valence-corrected chi connectivity index (χ2v) is 7.85. The lowest BCUT2D eigenvalue weighted by Gasteiger charge is -2.25. The van der Waals surface area contributed by atoms with Crippen LogP contribution in [0.25, 0.3) is 11.3 Å². The minimum Gasteiger partial charge on any atom is -0.289 e. The minimum absolute atomic E-state index is 0.0304. The van der Waals surface area contributed by atoms with Crippen molar-refractivity contribution in [2.75, 3.05) is 4.90 Å². The lowest BCUT2D eigenvalue weighted by molar-refractivity contribution is 0.103. The Kier molecular flexibility index (Phi) is 5.91. The highest BCUT2D eigenvalue weighted by Crippen LogP contribution is 2.35. The van der Waals surface area contributed by atoms with Crippen molar-refractivity contribution in [1.29, 1.82) is 0 Å². The van der Waals surface area contributed by atoms with E-state index in [1.54, 1.807) is 18.6 Å². The molecule has 0 bridgehead atoms. The number of para-hydroxylation sites is 1. The van der Waals surface area contributed by atoms with Gasteiger partial charge >= 0.3 is 0 Å². The van der Waals surface area contributed by atoms with Gasteiger partial charge in [0, 0.05) is 41.0 Å². The van der Waals surface area contributed by atoms with E-state index < -0.39 is 0 Å². The van der Waals surface area contributed by atoms with E-state index in [-0.39, 0.29) is 5.78 Å². The van der Waals surface area contributed by atoms with Gasteiger partial charge in [0.05, 0.1) is 11.4 Å². The number of hydrogen-bond donors (Lipinski definition) is 0. The van der Waals surface area contributed by atoms with Crippen molar-refractivity contribution < 1.29 is 4.79 Å². The van der Waals surface area contributed by atoms with Gasteiger partial charge in [0.25, 0.3) is 0 Å². The number of carbonyl (C=O) groups excluding carboxylic acids is 1. The summed E-state index contributed by atoms with van der Waals surface area (Å²) in [5.74, 6) is 0.483. The van der Waals surface area contributed by atoms with E-state index in [9.17, 15) is 4.79 Å². The summed E-state index contributed by atoms with van der Waals surface area (Å²) in [4.78, 5) is 28.8. The van der Waals surface area contributed by atoms with Crippen molar-refractivity contribution >= 4 is 23.1 Å². The van der Waals surface area contributed by atoms with Crippen LogP contribution in [0.5, 0.6) is 0 Å². The number of anilines is 3. The molecule has 5 nitrogen and oxygen atoms in total. The molecule has 3 aromatic carbocycles. The van der Waals surface area contributed by atoms with Crippen molar-refractivity contribution in [3.63, 3.8) is 0 Å². The van der Waals surface area contributed by atoms with Crippen LogP contribution in [-0.4, -0.2) is 20.7 Å². The van der Waals surface area contributed by atoms with Crippen molar-refractivity contribution in [1.82, 2.24) is 15.0 Å². The number of rotatable bonds is 6. The third-order valence-electron chi connectivity index (χ3n) is 5.56. The number of hydrogen-bond acceptors (Lipinski definition) is 5. The lowest BCUT2D eigenvalue weighted by atomic mass is 10.0. The zero-order valence-electron chi connectivity index (χ0n) is 18.7. The Morgan fingerprint density at radius 1 is 0.765 bits per heavy atom. The second kappa shape index (κ2) is 9.46. The highest BCUT2D eigenvalue weighted by atomic mass is 16.1. The number of ketones is 1. The summed E-state index contributed by atoms with van der Waals surface area (Å²) in [6, 6.07) is 30.7. The van der Waals surface area contributed by atoms with Crippen LogP contribution in [0.1, 0.15) is 21.5 Å². The van der Waals surface area contributed by atoms with Gasteiger partial charge in [0.1, 0.15) is 0 Å². The Morgan fingerprint density at radius 2 is 1.56 bits per heavy atom. The standard InChI is InChI=1S/C29H22N4O/c1-21-9-5-6-15-27(21)33(29-31-18-16-26(32-29)24-13-8-17-30-20-24)25-14-7-12-23(19-25)28(34)22-10-3-2-4-11-22/h2-20H,1H3. The van der Waals surface area contributed by atoms with Crippen LogP contribution in [0.3, 0.4) is 0 Å². The molecule has 34 heavy (non-hydrogen) atoms. The maximum absolute atomic E-state index is 13.1. The van der Waals surface area contributed by atoms with E-state index in [0.29, 0.717) is 17.1 Å². The van der Waals surface area contributed by atoms with Gasteiger partial charge in [-0.15, -0.1) is 0 Å². The van der Waals surface area contributed by atoms with Gasteiger partial charge in [-0.05, 0) is 48.9 Å². The van der Waals surface area contributed by atoms with Crippen LogP contribution in [0.2, 0.25) is 0 Å². The number of benzene rings is 3. The van der Waals surface area contributed by atoms with E-state index in [1.807, 2.05) is 109 Å². The van der Waals surface area contributed by atoms with Gasteiger partial charge in [0.2, 0.25) is 5.95 Å². The maximum atomic E-state index is 13.1. The van der Waals surface area contributed by atoms with E-state index in [1.165, 1.54) is 0 Å². The normalized spacial score (nSPS) is 10.6. The zero-order chi connectivity index (χ0) is 23.3. The number of pyridine rings is 1. The number of aryl methyl sites for hydroxylation is 1. The zero-order valence-corrected chi connectivity index (χ0v) is 18.7. The molecule has 0 spiro atoms. The molecule has 0 aliphatic rings. The van der Waals surface area contributed by atoms with Crippen LogP contribution in [0.4, 0.5) is 17.3 Å². The fraction of sp³-hybridized carbons (Fsp3) is 0.0345. The first-order valence-corrected chi connectivity index (χ1v) is 11.0. The summed E-state index contributed by atoms with van der Waals surface area (Å²) < 4.78 is 0. The van der Waals surface area contributed by atoms with Gasteiger partial charge in [-0.2, -0.15) is 0 Å². The predicted molar refractivity (Wildman–Crippen MR) is 135 cm³/mol. The Bertz CT molecular complexity index is 1440. The van der Waals surface area contributed by atoms with Crippen LogP contribution in [-0.2, 0) is 0 Å². The summed E-state index contributed by atoms with van der Waals surface area (Å²) in [5, 5.41) is 0. The molecule has 0 saturated carbocycles. The predicted octanol–water partition coefficient (Wildman–Crippen LogP) is 6.55. The number of carbonyl (C=O) groups is 1. The average molecular weight is 443 g/mol. The molecule has 5 heteroatoms. The first-order chi connectivity index (χ1) is 16.7. The van der Waals surface area contributed by atoms with Gasteiger partial charge in [-0.1, -0.05) is 60.7 Å². The molecule has 5 rings (SSSR count). The Balaban J connectivity index is 1.63. The smallest absolute Gasteiger partial charge is 0.235 e. The van der Waals surface area contributed by atoms with Crippen LogP contribution >= 0.6 is 0 Å². The molecular formula is C29H22N4O. The molecular weight excluding hydrogens is 420 g/mol. The highest BCUT2D eigenvalue weighted by molar-refractivity contribution is 6.09. The summed E-state index contributed by atoms with van der Waals surface area (Å²) in [6.45, 7) is 2.05. The molecule has 0 aliphatic heterocycles. The van der Waals surface area contributed by atoms with Crippen LogP contribution < -0.4 is 4.90 Å². The molecule has 0 radical (unpaired) electrons. The topological polar surface area (TPSA) is 59.0 Å². The molecule has 0 fully saturated rings. The van der Waals surface area contributed by atoms with Crippen molar-refractivity contribution in [3.8, 4) is 11.3 Å². The fourth-order valence-electron chi connectivity index (χ4n) is 3.85. The monoisotopic (exact) mass is 442 g/mol. The van der Waals surface area contributed by atoms with Crippen molar-refractivity contribution in [3.05, 3.63) is 132 Å². The third-order valence-corrected chi connectivity index (χ3v) is 5.56. The van der Waals surface area contributed by atoms with Crippen molar-refractivity contribution in [2.24, 2.45) is 0 Å². The SMILES string of the molecule is Cc1ccccc1N(c1cccc(C(=O)c2ccccc2)c1)c1nccc(-c2cccnc2)n1. The molecule has 0 aliphatic carbocycles. The largest absolute Gasteiger partial charge is 0.289 e. The molecule has 0 amide bonds. The lowest BCUT2D eigenvalue weighted by Crippen LogP contribution is -2.15. The molecule has 0 saturated heterocycles. The van der Waals surface area contributed by atoms with Gasteiger partial charge in [0.15, 0.2) is 5.78 Å². The Hall–Kier alpha value is -4.64. The van der Waals surface area contributed by atoms with Gasteiger partial charge in [-0.3, -0.25) is 14.7 Å². The molecule has 0 N–H and O–H groups in total. The van der Waals surface area contributed by atoms with E-state index in [0.717, 1.165) is 28.2 Å². The molecule has 0 unspecified atom stereocenters. The van der Waals surface area contributed by atoms with Crippen LogP contribution in [0.15, 0.2) is 116 Å². The molecule has 2 aromatic heterocycles. The fourth-order valence-corrected chi connectivity index (χ4v) is 3.85. The van der Waals surface area contributed by atoms with E-state index >= 15 is 0 Å². The highest BCUT2D eigenvalue weighted by Gasteiger charge is 2.19. The van der Waals surface area contributed by atoms with Gasteiger partial charge < -0.3 is 0 Å². The summed E-state index contributed by atoms with van der Waals surface area (Å²) in [7, 11) is 0. The van der Waals surface area contributed by atoms with Crippen molar-refractivity contribution in [2.45, 2.75) is 6.92 Å². The maximum Gasteiger partial charge on any atom is 0.235 e. The Morgan fingerprint density at radius 3 is 2.35 bits per heavy atom.